The number of aryl methyl sites for hydroxylation is 1. The summed E-state index contributed by atoms with van der Waals surface area (Å²) in [5, 5.41) is 12.4. The molecule has 2 N–H and O–H groups in total. The Kier molecular flexibility index (Phi) is 5.48. The quantitative estimate of drug-likeness (QED) is 0.907. The van der Waals surface area contributed by atoms with Crippen molar-refractivity contribution in [2.75, 3.05) is 5.32 Å². The molecule has 1 heterocycles. The van der Waals surface area contributed by atoms with E-state index in [-0.39, 0.29) is 12.4 Å². The molecule has 0 aliphatic carbocycles. The van der Waals surface area contributed by atoms with Crippen LogP contribution in [0.1, 0.15) is 17.2 Å². The zero-order valence-electron chi connectivity index (χ0n) is 10.4. The number of hydrogen-bond acceptors (Lipinski definition) is 3. The number of nitrogens with zero attached hydrogens (tertiary/aromatic N) is 1. The molecule has 19 heavy (non-hydrogen) atoms. The zero-order valence-corrected chi connectivity index (χ0v) is 11.2. The standard InChI is InChI=1S/C14H14N2O2.ClH/c1-10-7-8-12(15-9-10)16-14(18)13(17)11-5-3-2-4-6-11;/h2-9,13,17H,1H3,(H,15,16,18);1H. The number of pyridine rings is 1. The van der Waals surface area contributed by atoms with Crippen LogP contribution in [0, 0.1) is 6.92 Å². The second kappa shape index (κ2) is 6.87. The number of rotatable bonds is 3. The van der Waals surface area contributed by atoms with Gasteiger partial charge in [-0.3, -0.25) is 4.79 Å². The summed E-state index contributed by atoms with van der Waals surface area (Å²) in [4.78, 5) is 15.8. The van der Waals surface area contributed by atoms with Crippen molar-refractivity contribution in [1.29, 1.82) is 0 Å². The van der Waals surface area contributed by atoms with Crippen molar-refractivity contribution in [3.05, 3.63) is 59.8 Å². The third-order valence-corrected chi connectivity index (χ3v) is 2.53. The van der Waals surface area contributed by atoms with Gasteiger partial charge in [0, 0.05) is 6.20 Å². The van der Waals surface area contributed by atoms with Gasteiger partial charge in [0.15, 0.2) is 6.10 Å². The zero-order chi connectivity index (χ0) is 13.0. The summed E-state index contributed by atoms with van der Waals surface area (Å²) in [6, 6.07) is 12.3. The lowest BCUT2D eigenvalue weighted by molar-refractivity contribution is -0.124. The molecule has 1 aromatic heterocycles. The van der Waals surface area contributed by atoms with Crippen LogP contribution in [0.4, 0.5) is 5.82 Å². The normalized spacial score (nSPS) is 11.3. The fourth-order valence-corrected chi connectivity index (χ4v) is 1.52. The first-order chi connectivity index (χ1) is 8.66. The van der Waals surface area contributed by atoms with Gasteiger partial charge < -0.3 is 10.4 Å². The molecular weight excluding hydrogens is 264 g/mol. The SMILES string of the molecule is Cc1ccc(NC(=O)C(O)c2ccccc2)nc1.Cl. The minimum Gasteiger partial charge on any atom is -0.378 e. The van der Waals surface area contributed by atoms with E-state index in [2.05, 4.69) is 10.3 Å². The maximum atomic E-state index is 11.8. The van der Waals surface area contributed by atoms with Gasteiger partial charge in [0.25, 0.3) is 5.91 Å². The number of carbonyl (C=O) groups is 1. The Bertz CT molecular complexity index is 529. The second-order valence-electron chi connectivity index (χ2n) is 4.02. The van der Waals surface area contributed by atoms with E-state index in [9.17, 15) is 9.90 Å². The van der Waals surface area contributed by atoms with Crippen LogP contribution in [-0.4, -0.2) is 16.0 Å². The summed E-state index contributed by atoms with van der Waals surface area (Å²) >= 11 is 0. The Labute approximate surface area is 117 Å². The molecule has 0 fully saturated rings. The van der Waals surface area contributed by atoms with Crippen LogP contribution in [-0.2, 0) is 4.79 Å². The maximum absolute atomic E-state index is 11.8. The summed E-state index contributed by atoms with van der Waals surface area (Å²) in [6.45, 7) is 1.91. The number of carbonyl (C=O) groups excluding carboxylic acids is 1. The van der Waals surface area contributed by atoms with E-state index in [0.717, 1.165) is 5.56 Å². The molecule has 1 aromatic carbocycles. The van der Waals surface area contributed by atoms with Crippen molar-refractivity contribution >= 4 is 24.1 Å². The van der Waals surface area contributed by atoms with E-state index in [1.165, 1.54) is 0 Å². The maximum Gasteiger partial charge on any atom is 0.258 e. The monoisotopic (exact) mass is 278 g/mol. The Balaban J connectivity index is 0.00000180. The Morgan fingerprint density at radius 3 is 2.47 bits per heavy atom. The van der Waals surface area contributed by atoms with E-state index in [4.69, 9.17) is 0 Å². The van der Waals surface area contributed by atoms with Gasteiger partial charge in [-0.25, -0.2) is 4.98 Å². The Morgan fingerprint density at radius 1 is 1.21 bits per heavy atom. The summed E-state index contributed by atoms with van der Waals surface area (Å²) < 4.78 is 0. The number of amides is 1. The van der Waals surface area contributed by atoms with Crippen molar-refractivity contribution in [2.45, 2.75) is 13.0 Å². The molecule has 0 radical (unpaired) electrons. The highest BCUT2D eigenvalue weighted by atomic mass is 35.5. The first kappa shape index (κ1) is 15.1. The van der Waals surface area contributed by atoms with Crippen LogP contribution in [0.15, 0.2) is 48.7 Å². The molecule has 2 aromatic rings. The molecule has 0 saturated heterocycles. The topological polar surface area (TPSA) is 62.2 Å². The van der Waals surface area contributed by atoms with Gasteiger partial charge in [-0.05, 0) is 24.1 Å². The Hall–Kier alpha value is -1.91. The van der Waals surface area contributed by atoms with Gasteiger partial charge in [-0.15, -0.1) is 12.4 Å². The third kappa shape index (κ3) is 4.05. The van der Waals surface area contributed by atoms with E-state index in [1.807, 2.05) is 19.1 Å². The molecule has 4 nitrogen and oxygen atoms in total. The van der Waals surface area contributed by atoms with Crippen LogP contribution in [0.5, 0.6) is 0 Å². The Morgan fingerprint density at radius 2 is 1.89 bits per heavy atom. The van der Waals surface area contributed by atoms with Crippen LogP contribution in [0.2, 0.25) is 0 Å². The van der Waals surface area contributed by atoms with Crippen LogP contribution >= 0.6 is 12.4 Å². The highest BCUT2D eigenvalue weighted by Gasteiger charge is 2.17. The smallest absolute Gasteiger partial charge is 0.258 e. The average molecular weight is 279 g/mol. The summed E-state index contributed by atoms with van der Waals surface area (Å²) in [7, 11) is 0. The van der Waals surface area contributed by atoms with Crippen molar-refractivity contribution < 1.29 is 9.90 Å². The van der Waals surface area contributed by atoms with Crippen LogP contribution in [0.3, 0.4) is 0 Å². The molecule has 0 saturated carbocycles. The number of benzene rings is 1. The minimum atomic E-state index is -1.19. The van der Waals surface area contributed by atoms with Crippen molar-refractivity contribution in [3.63, 3.8) is 0 Å². The average Bonchev–Trinajstić information content (AvgIpc) is 2.41. The van der Waals surface area contributed by atoms with Crippen molar-refractivity contribution in [1.82, 2.24) is 4.98 Å². The molecule has 0 aliphatic rings. The second-order valence-corrected chi connectivity index (χ2v) is 4.02. The summed E-state index contributed by atoms with van der Waals surface area (Å²) in [5.41, 5.74) is 1.57. The molecular formula is C14H15ClN2O2. The molecule has 1 unspecified atom stereocenters. The first-order valence-electron chi connectivity index (χ1n) is 5.63. The number of aliphatic hydroxyl groups excluding tert-OH is 1. The third-order valence-electron chi connectivity index (χ3n) is 2.53. The van der Waals surface area contributed by atoms with Crippen LogP contribution in [0.25, 0.3) is 0 Å². The van der Waals surface area contributed by atoms with E-state index in [0.29, 0.717) is 11.4 Å². The number of aliphatic hydroxyl groups is 1. The highest BCUT2D eigenvalue weighted by Crippen LogP contribution is 2.14. The number of anilines is 1. The molecule has 2 rings (SSSR count). The molecule has 5 heteroatoms. The fraction of sp³-hybridized carbons (Fsp3) is 0.143. The molecule has 0 spiro atoms. The van der Waals surface area contributed by atoms with E-state index < -0.39 is 12.0 Å². The van der Waals surface area contributed by atoms with E-state index >= 15 is 0 Å². The molecule has 0 bridgehead atoms. The lowest BCUT2D eigenvalue weighted by atomic mass is 10.1. The number of aromatic nitrogens is 1. The van der Waals surface area contributed by atoms with Crippen molar-refractivity contribution in [2.24, 2.45) is 0 Å². The first-order valence-corrected chi connectivity index (χ1v) is 5.63. The summed E-state index contributed by atoms with van der Waals surface area (Å²) in [5.74, 6) is -0.0573. The largest absolute Gasteiger partial charge is 0.378 e. The van der Waals surface area contributed by atoms with Crippen molar-refractivity contribution in [3.8, 4) is 0 Å². The number of halogens is 1. The fourth-order valence-electron chi connectivity index (χ4n) is 1.52. The van der Waals surface area contributed by atoms with Gasteiger partial charge in [0.2, 0.25) is 0 Å². The van der Waals surface area contributed by atoms with Gasteiger partial charge >= 0.3 is 0 Å². The lowest BCUT2D eigenvalue weighted by Gasteiger charge is -2.11. The van der Waals surface area contributed by atoms with Gasteiger partial charge in [0.1, 0.15) is 5.82 Å². The highest BCUT2D eigenvalue weighted by molar-refractivity contribution is 5.93. The number of nitrogens with one attached hydrogen (secondary N) is 1. The molecule has 0 aliphatic heterocycles. The number of hydrogen-bond donors (Lipinski definition) is 2. The van der Waals surface area contributed by atoms with Gasteiger partial charge in [-0.2, -0.15) is 0 Å². The lowest BCUT2D eigenvalue weighted by Crippen LogP contribution is -2.21. The molecule has 1 amide bonds. The molecule has 100 valence electrons. The van der Waals surface area contributed by atoms with Crippen LogP contribution < -0.4 is 5.32 Å². The summed E-state index contributed by atoms with van der Waals surface area (Å²) in [6.07, 6.45) is 0.471. The predicted octanol–water partition coefficient (Wildman–Crippen LogP) is 2.48. The van der Waals surface area contributed by atoms with Gasteiger partial charge in [0.05, 0.1) is 0 Å². The van der Waals surface area contributed by atoms with Gasteiger partial charge in [-0.1, -0.05) is 36.4 Å². The predicted molar refractivity (Wildman–Crippen MR) is 76.3 cm³/mol. The minimum absolute atomic E-state index is 0. The van der Waals surface area contributed by atoms with E-state index in [1.54, 1.807) is 36.5 Å². The molecule has 1 atom stereocenters.